The fraction of sp³-hybridized carbons (Fsp3) is 0.333. The number of aliphatic hydroxyl groups is 1. The Kier molecular flexibility index (Phi) is 5.17. The average Bonchev–Trinajstić information content (AvgIpc) is 2.14. The second-order valence-electron chi connectivity index (χ2n) is 3.40. The van der Waals surface area contributed by atoms with E-state index in [0.717, 1.165) is 6.26 Å². The molecule has 0 fully saturated rings. The van der Waals surface area contributed by atoms with Crippen LogP contribution in [-0.4, -0.2) is 21.4 Å². The topological polar surface area (TPSA) is 54.4 Å². The summed E-state index contributed by atoms with van der Waals surface area (Å²) in [6, 6.07) is 4.48. The molecule has 0 amide bonds. The maximum absolute atomic E-state index is 11.6. The fourth-order valence-electron chi connectivity index (χ4n) is 1.11. The molecule has 1 aromatic rings. The molecule has 0 aliphatic heterocycles. The zero-order valence-corrected chi connectivity index (χ0v) is 14.6. The first-order chi connectivity index (χ1) is 7.57. The summed E-state index contributed by atoms with van der Waals surface area (Å²) in [5, 5.41) is 10.7. The lowest BCUT2D eigenvalue weighted by atomic mass is 10.1. The number of aliphatic hydroxyl groups excluding tert-OH is 1. The fourth-order valence-corrected chi connectivity index (χ4v) is 2.73. The Morgan fingerprint density at radius 3 is 2.41 bits per heavy atom. The number of hydrogen-bond acceptors (Lipinski definition) is 3. The Balaban J connectivity index is 3.26. The maximum Gasteiger partial charge on any atom is 0.206 e. The smallest absolute Gasteiger partial charge is 0.206 e. The van der Waals surface area contributed by atoms with Crippen molar-refractivity contribution in [1.82, 2.24) is 0 Å². The molecule has 0 radical (unpaired) electrons. The number of alkyl halides is 2. The Hall–Kier alpha value is 0.920. The molecule has 1 N–H and O–H groups in total. The molecule has 0 unspecified atom stereocenters. The van der Waals surface area contributed by atoms with Crippen molar-refractivity contribution >= 4 is 71.6 Å². The highest BCUT2D eigenvalue weighted by molar-refractivity contribution is 14.1. The molecule has 0 aromatic heterocycles. The Morgan fingerprint density at radius 2 is 2.00 bits per heavy atom. The van der Waals surface area contributed by atoms with Crippen LogP contribution in [0.2, 0.25) is 10.0 Å². The third-order valence-electron chi connectivity index (χ3n) is 2.07. The zero-order valence-electron chi connectivity index (χ0n) is 8.49. The molecule has 0 heterocycles. The summed E-state index contributed by atoms with van der Waals surface area (Å²) in [7, 11) is -3.51. The largest absolute Gasteiger partial charge is 0.385 e. The van der Waals surface area contributed by atoms with Gasteiger partial charge in [-0.15, -0.1) is 0 Å². The third-order valence-corrected chi connectivity index (χ3v) is 9.03. The third kappa shape index (κ3) is 3.48. The van der Waals surface area contributed by atoms with Gasteiger partial charge in [-0.3, -0.25) is 0 Å². The zero-order chi connectivity index (χ0) is 13.4. The molecule has 0 saturated heterocycles. The van der Waals surface area contributed by atoms with Crippen LogP contribution < -0.4 is 0 Å². The van der Waals surface area contributed by atoms with Crippen LogP contribution >= 0.6 is 61.7 Å². The van der Waals surface area contributed by atoms with Crippen molar-refractivity contribution in [2.45, 2.75) is 7.77 Å². The first-order valence-corrected chi connectivity index (χ1v) is 8.79. The van der Waals surface area contributed by atoms with Crippen LogP contribution in [0.1, 0.15) is 11.7 Å². The molecular weight excluding hydrogens is 466 g/mol. The minimum absolute atomic E-state index is 0.217. The van der Waals surface area contributed by atoms with Crippen LogP contribution in [0, 0.1) is 0 Å². The monoisotopic (exact) mass is 472 g/mol. The highest BCUT2D eigenvalue weighted by Gasteiger charge is 2.44. The van der Waals surface area contributed by atoms with Gasteiger partial charge >= 0.3 is 0 Å². The Bertz CT molecular complexity index is 533. The summed E-state index contributed by atoms with van der Waals surface area (Å²) in [6.07, 6.45) is -0.274. The van der Waals surface area contributed by atoms with Gasteiger partial charge in [0.05, 0.1) is 0 Å². The molecule has 0 aliphatic carbocycles. The lowest BCUT2D eigenvalue weighted by Crippen LogP contribution is -2.31. The van der Waals surface area contributed by atoms with Gasteiger partial charge in [0.25, 0.3) is 0 Å². The summed E-state index contributed by atoms with van der Waals surface area (Å²) in [6.45, 7) is 0. The molecule has 1 aromatic carbocycles. The van der Waals surface area contributed by atoms with E-state index in [1.165, 1.54) is 18.2 Å². The van der Waals surface area contributed by atoms with Gasteiger partial charge < -0.3 is 5.11 Å². The minimum atomic E-state index is -3.51. The van der Waals surface area contributed by atoms with E-state index >= 15 is 0 Å². The van der Waals surface area contributed by atoms with Crippen molar-refractivity contribution < 1.29 is 13.5 Å². The quantitative estimate of drug-likeness (QED) is 0.539. The van der Waals surface area contributed by atoms with Gasteiger partial charge in [0, 0.05) is 21.9 Å². The lowest BCUT2D eigenvalue weighted by molar-refractivity contribution is 0.191. The van der Waals surface area contributed by atoms with Crippen LogP contribution in [0.5, 0.6) is 0 Å². The van der Waals surface area contributed by atoms with Gasteiger partial charge in [-0.2, -0.15) is 0 Å². The molecule has 1 rings (SSSR count). The van der Waals surface area contributed by atoms with Crippen molar-refractivity contribution in [2.75, 3.05) is 6.26 Å². The summed E-state index contributed by atoms with van der Waals surface area (Å²) in [5.74, 6) is 0. The van der Waals surface area contributed by atoms with Crippen molar-refractivity contribution in [1.29, 1.82) is 0 Å². The predicted octanol–water partition coefficient (Wildman–Crippen LogP) is 3.56. The highest BCUT2D eigenvalue weighted by Crippen LogP contribution is 2.46. The summed E-state index contributed by atoms with van der Waals surface area (Å²) >= 11 is 16.3. The van der Waals surface area contributed by atoms with Gasteiger partial charge in [0.1, 0.15) is 6.10 Å². The summed E-state index contributed by atoms with van der Waals surface area (Å²) in [4.78, 5) is 0. The van der Waals surface area contributed by atoms with E-state index < -0.39 is 17.6 Å². The van der Waals surface area contributed by atoms with E-state index in [1.807, 2.05) is 0 Å². The number of hydrogen-bond donors (Lipinski definition) is 1. The first kappa shape index (κ1) is 16.0. The standard InChI is InChI=1S/C9H8BrCl2IO3S/c1-17(15,16)9(10,13)8(14)6-3-2-5(11)4-7(6)12/h2-4,8,14H,1H3/t8-,9+/m1/s1. The van der Waals surface area contributed by atoms with Crippen molar-refractivity contribution in [2.24, 2.45) is 0 Å². The number of sulfone groups is 1. The molecule has 0 aliphatic rings. The van der Waals surface area contributed by atoms with Crippen LogP contribution in [0.15, 0.2) is 18.2 Å². The predicted molar refractivity (Wildman–Crippen MR) is 81.9 cm³/mol. The summed E-state index contributed by atoms with van der Waals surface area (Å²) in [5.41, 5.74) is 0.299. The van der Waals surface area contributed by atoms with E-state index in [9.17, 15) is 13.5 Å². The number of benzene rings is 1. The van der Waals surface area contributed by atoms with Crippen molar-refractivity contribution in [3.8, 4) is 0 Å². The minimum Gasteiger partial charge on any atom is -0.385 e. The molecule has 96 valence electrons. The van der Waals surface area contributed by atoms with Crippen LogP contribution in [0.3, 0.4) is 0 Å². The van der Waals surface area contributed by atoms with Gasteiger partial charge in [0.2, 0.25) is 1.66 Å². The first-order valence-electron chi connectivity index (χ1n) is 4.28. The van der Waals surface area contributed by atoms with Gasteiger partial charge in [-0.1, -0.05) is 45.2 Å². The van der Waals surface area contributed by atoms with Crippen LogP contribution in [0.25, 0.3) is 0 Å². The molecule has 2 atom stereocenters. The van der Waals surface area contributed by atoms with E-state index in [1.54, 1.807) is 22.6 Å². The molecule has 8 heteroatoms. The van der Waals surface area contributed by atoms with Gasteiger partial charge in [-0.05, 0) is 34.7 Å². The van der Waals surface area contributed by atoms with E-state index in [4.69, 9.17) is 23.2 Å². The summed E-state index contributed by atoms with van der Waals surface area (Å²) < 4.78 is 21.6. The SMILES string of the molecule is CS(=O)(=O)[C@@](Br)(I)[C@H](O)c1ccc(Cl)cc1Cl. The van der Waals surface area contributed by atoms with E-state index in [0.29, 0.717) is 10.6 Å². The Morgan fingerprint density at radius 1 is 1.47 bits per heavy atom. The van der Waals surface area contributed by atoms with Crippen molar-refractivity contribution in [3.63, 3.8) is 0 Å². The molecular formula is C9H8BrCl2IO3S. The number of rotatable bonds is 3. The van der Waals surface area contributed by atoms with E-state index in [2.05, 4.69) is 15.9 Å². The normalized spacial score (nSPS) is 17.5. The molecule has 0 spiro atoms. The maximum atomic E-state index is 11.6. The lowest BCUT2D eigenvalue weighted by Gasteiger charge is -2.25. The van der Waals surface area contributed by atoms with Gasteiger partial charge in [-0.25, -0.2) is 8.42 Å². The average molecular weight is 474 g/mol. The highest BCUT2D eigenvalue weighted by atomic mass is 127. The van der Waals surface area contributed by atoms with Crippen molar-refractivity contribution in [3.05, 3.63) is 33.8 Å². The molecule has 3 nitrogen and oxygen atoms in total. The molecule has 17 heavy (non-hydrogen) atoms. The number of halogens is 4. The second kappa shape index (κ2) is 5.50. The second-order valence-corrected chi connectivity index (χ2v) is 12.1. The van der Waals surface area contributed by atoms with E-state index in [-0.39, 0.29) is 5.02 Å². The molecule has 0 saturated carbocycles. The molecule has 0 bridgehead atoms. The van der Waals surface area contributed by atoms with Crippen LogP contribution in [-0.2, 0) is 9.84 Å². The van der Waals surface area contributed by atoms with Gasteiger partial charge in [0.15, 0.2) is 9.84 Å². The Labute approximate surface area is 132 Å². The van der Waals surface area contributed by atoms with Crippen LogP contribution in [0.4, 0.5) is 0 Å².